The molecule has 0 unspecified atom stereocenters. The quantitative estimate of drug-likeness (QED) is 0.800. The number of benzene rings is 2. The first-order valence-corrected chi connectivity index (χ1v) is 8.59. The molecule has 128 valence electrons. The first-order chi connectivity index (χ1) is 11.4. The molecule has 0 aromatic heterocycles. The Morgan fingerprint density at radius 3 is 2.29 bits per heavy atom. The molecule has 24 heavy (non-hydrogen) atoms. The van der Waals surface area contributed by atoms with Crippen LogP contribution in [0.1, 0.15) is 43.0 Å². The van der Waals surface area contributed by atoms with Crippen molar-refractivity contribution in [2.75, 3.05) is 0 Å². The van der Waals surface area contributed by atoms with Gasteiger partial charge in [-0.25, -0.2) is 0 Å². The number of carbonyl (C=O) groups excluding carboxylic acids is 1. The van der Waals surface area contributed by atoms with Crippen LogP contribution in [0.4, 0.5) is 0 Å². The SMILES string of the molecule is CC[C@@H](NC(=O)[C@H](C)Oc1cc(C)c(Cl)c(C)c1)c1ccccc1. The van der Waals surface area contributed by atoms with Gasteiger partial charge in [0.25, 0.3) is 5.91 Å². The van der Waals surface area contributed by atoms with Crippen molar-refractivity contribution in [1.29, 1.82) is 0 Å². The fourth-order valence-electron chi connectivity index (χ4n) is 2.63. The number of hydrogen-bond donors (Lipinski definition) is 1. The summed E-state index contributed by atoms with van der Waals surface area (Å²) in [4.78, 5) is 12.5. The Morgan fingerprint density at radius 1 is 1.17 bits per heavy atom. The van der Waals surface area contributed by atoms with E-state index in [1.807, 2.05) is 56.3 Å². The van der Waals surface area contributed by atoms with Gasteiger partial charge in [-0.1, -0.05) is 48.9 Å². The zero-order valence-electron chi connectivity index (χ0n) is 14.6. The van der Waals surface area contributed by atoms with Crippen LogP contribution in [-0.4, -0.2) is 12.0 Å². The molecular weight excluding hydrogens is 322 g/mol. The summed E-state index contributed by atoms with van der Waals surface area (Å²) in [5.41, 5.74) is 2.98. The molecule has 0 fully saturated rings. The molecule has 0 aliphatic carbocycles. The molecule has 1 amide bonds. The summed E-state index contributed by atoms with van der Waals surface area (Å²) in [5, 5.41) is 3.78. The lowest BCUT2D eigenvalue weighted by atomic mass is 10.0. The Morgan fingerprint density at radius 2 is 1.75 bits per heavy atom. The zero-order valence-corrected chi connectivity index (χ0v) is 15.4. The summed E-state index contributed by atoms with van der Waals surface area (Å²) in [5.74, 6) is 0.528. The third-order valence-electron chi connectivity index (χ3n) is 4.02. The summed E-state index contributed by atoms with van der Waals surface area (Å²) in [6.45, 7) is 7.66. The Bertz CT molecular complexity index is 677. The van der Waals surface area contributed by atoms with Crippen molar-refractivity contribution in [3.63, 3.8) is 0 Å². The van der Waals surface area contributed by atoms with Gasteiger partial charge in [0.1, 0.15) is 5.75 Å². The average molecular weight is 346 g/mol. The summed E-state index contributed by atoms with van der Waals surface area (Å²) in [6.07, 6.45) is 0.240. The molecule has 2 aromatic carbocycles. The first kappa shape index (κ1) is 18.3. The fourth-order valence-corrected chi connectivity index (χ4v) is 2.74. The molecule has 2 atom stereocenters. The van der Waals surface area contributed by atoms with Crippen LogP contribution in [0.25, 0.3) is 0 Å². The highest BCUT2D eigenvalue weighted by Gasteiger charge is 2.19. The lowest BCUT2D eigenvalue weighted by Gasteiger charge is -2.21. The summed E-state index contributed by atoms with van der Waals surface area (Å²) in [7, 11) is 0. The van der Waals surface area contributed by atoms with E-state index in [2.05, 4.69) is 12.2 Å². The number of halogens is 1. The van der Waals surface area contributed by atoms with Crippen molar-refractivity contribution in [2.24, 2.45) is 0 Å². The topological polar surface area (TPSA) is 38.3 Å². The third kappa shape index (κ3) is 4.51. The Balaban J connectivity index is 2.04. The van der Waals surface area contributed by atoms with Crippen molar-refractivity contribution < 1.29 is 9.53 Å². The number of hydrogen-bond acceptors (Lipinski definition) is 2. The second-order valence-electron chi connectivity index (χ2n) is 6.01. The molecule has 0 saturated heterocycles. The highest BCUT2D eigenvalue weighted by Crippen LogP contribution is 2.26. The Labute approximate surface area is 149 Å². The average Bonchev–Trinajstić information content (AvgIpc) is 2.57. The lowest BCUT2D eigenvalue weighted by molar-refractivity contribution is -0.128. The van der Waals surface area contributed by atoms with E-state index in [0.717, 1.165) is 28.1 Å². The number of carbonyl (C=O) groups is 1. The standard InChI is InChI=1S/C20H24ClNO2/c1-5-18(16-9-7-6-8-10-16)22-20(23)15(4)24-17-11-13(2)19(21)14(3)12-17/h6-12,15,18H,5H2,1-4H3,(H,22,23)/t15-,18+/m0/s1. The molecule has 4 heteroatoms. The van der Waals surface area contributed by atoms with Crippen LogP contribution in [0.3, 0.4) is 0 Å². The first-order valence-electron chi connectivity index (χ1n) is 8.21. The number of ether oxygens (including phenoxy) is 1. The van der Waals surface area contributed by atoms with Gasteiger partial charge in [0.15, 0.2) is 6.10 Å². The van der Waals surface area contributed by atoms with Crippen molar-refractivity contribution in [3.05, 3.63) is 64.2 Å². The molecule has 3 nitrogen and oxygen atoms in total. The monoisotopic (exact) mass is 345 g/mol. The second kappa shape index (κ2) is 8.20. The van der Waals surface area contributed by atoms with Crippen LogP contribution >= 0.6 is 11.6 Å². The van der Waals surface area contributed by atoms with Crippen molar-refractivity contribution in [3.8, 4) is 5.75 Å². The van der Waals surface area contributed by atoms with Gasteiger partial charge in [-0.2, -0.15) is 0 Å². The minimum absolute atomic E-state index is 0.0153. The summed E-state index contributed by atoms with van der Waals surface area (Å²) >= 11 is 6.17. The molecule has 0 saturated carbocycles. The molecule has 0 aliphatic heterocycles. The van der Waals surface area contributed by atoms with Crippen molar-refractivity contribution >= 4 is 17.5 Å². The van der Waals surface area contributed by atoms with Gasteiger partial charge in [-0.3, -0.25) is 4.79 Å². The van der Waals surface area contributed by atoms with E-state index in [0.29, 0.717) is 5.75 Å². The largest absolute Gasteiger partial charge is 0.481 e. The predicted molar refractivity (Wildman–Crippen MR) is 98.6 cm³/mol. The van der Waals surface area contributed by atoms with E-state index in [4.69, 9.17) is 16.3 Å². The highest BCUT2D eigenvalue weighted by molar-refractivity contribution is 6.32. The van der Waals surface area contributed by atoms with Crippen molar-refractivity contribution in [1.82, 2.24) is 5.32 Å². The van der Waals surface area contributed by atoms with Gasteiger partial charge >= 0.3 is 0 Å². The Kier molecular flexibility index (Phi) is 6.27. The molecule has 0 spiro atoms. The molecule has 0 aliphatic rings. The normalized spacial score (nSPS) is 13.2. The van der Waals surface area contributed by atoms with E-state index in [9.17, 15) is 4.79 Å². The van der Waals surface area contributed by atoms with E-state index < -0.39 is 6.10 Å². The van der Waals surface area contributed by atoms with E-state index in [1.54, 1.807) is 6.92 Å². The minimum Gasteiger partial charge on any atom is -0.481 e. The van der Waals surface area contributed by atoms with Gasteiger partial charge < -0.3 is 10.1 Å². The zero-order chi connectivity index (χ0) is 17.7. The molecule has 2 aromatic rings. The number of rotatable bonds is 6. The van der Waals surface area contributed by atoms with Crippen LogP contribution in [0.15, 0.2) is 42.5 Å². The molecule has 0 radical (unpaired) electrons. The van der Waals surface area contributed by atoms with Crippen LogP contribution < -0.4 is 10.1 Å². The summed E-state index contributed by atoms with van der Waals surface area (Å²) < 4.78 is 5.80. The number of amides is 1. The maximum atomic E-state index is 12.5. The minimum atomic E-state index is -0.581. The van der Waals surface area contributed by atoms with E-state index in [1.165, 1.54) is 0 Å². The van der Waals surface area contributed by atoms with Gasteiger partial charge in [0, 0.05) is 5.02 Å². The maximum Gasteiger partial charge on any atom is 0.261 e. The van der Waals surface area contributed by atoms with Gasteiger partial charge in [0.05, 0.1) is 6.04 Å². The third-order valence-corrected chi connectivity index (χ3v) is 4.61. The molecule has 2 rings (SSSR count). The van der Waals surface area contributed by atoms with Crippen LogP contribution in [0.5, 0.6) is 5.75 Å². The molecule has 0 bridgehead atoms. The van der Waals surface area contributed by atoms with Gasteiger partial charge in [0.2, 0.25) is 0 Å². The fraction of sp³-hybridized carbons (Fsp3) is 0.350. The number of nitrogens with one attached hydrogen (secondary N) is 1. The van der Waals surface area contributed by atoms with Gasteiger partial charge in [-0.05, 0) is 56.0 Å². The lowest BCUT2D eigenvalue weighted by Crippen LogP contribution is -2.38. The molecular formula is C20H24ClNO2. The summed E-state index contributed by atoms with van der Waals surface area (Å²) in [6, 6.07) is 13.7. The van der Waals surface area contributed by atoms with E-state index >= 15 is 0 Å². The van der Waals surface area contributed by atoms with Crippen LogP contribution in [0.2, 0.25) is 5.02 Å². The van der Waals surface area contributed by atoms with E-state index in [-0.39, 0.29) is 11.9 Å². The Hall–Kier alpha value is -2.00. The maximum absolute atomic E-state index is 12.5. The smallest absolute Gasteiger partial charge is 0.261 e. The number of aryl methyl sites for hydroxylation is 2. The highest BCUT2D eigenvalue weighted by atomic mass is 35.5. The molecule has 0 heterocycles. The van der Waals surface area contributed by atoms with Crippen LogP contribution in [-0.2, 0) is 4.79 Å². The van der Waals surface area contributed by atoms with Crippen LogP contribution in [0, 0.1) is 13.8 Å². The predicted octanol–water partition coefficient (Wildman–Crippen LogP) is 4.99. The second-order valence-corrected chi connectivity index (χ2v) is 6.39. The van der Waals surface area contributed by atoms with Crippen molar-refractivity contribution in [2.45, 2.75) is 46.3 Å². The van der Waals surface area contributed by atoms with Gasteiger partial charge in [-0.15, -0.1) is 0 Å². The molecule has 1 N–H and O–H groups in total.